The number of para-hydroxylation sites is 1. The molecule has 320 valence electrons. The Morgan fingerprint density at radius 1 is 0.373 bits per heavy atom. The zero-order chi connectivity index (χ0) is 44.3. The van der Waals surface area contributed by atoms with E-state index in [-0.39, 0.29) is 0 Å². The molecule has 0 N–H and O–H groups in total. The average molecular weight is 858 g/mol. The first kappa shape index (κ1) is 39.6. The quantitative estimate of drug-likeness (QED) is 0.140. The van der Waals surface area contributed by atoms with Gasteiger partial charge in [0, 0.05) is 16.9 Å². The van der Waals surface area contributed by atoms with E-state index in [2.05, 4.69) is 248 Å². The maximum absolute atomic E-state index is 2.50. The first-order valence-corrected chi connectivity index (χ1v) is 24.2. The van der Waals surface area contributed by atoms with Crippen molar-refractivity contribution in [3.63, 3.8) is 0 Å². The van der Waals surface area contributed by atoms with E-state index in [0.29, 0.717) is 0 Å². The van der Waals surface area contributed by atoms with Gasteiger partial charge in [0.15, 0.2) is 0 Å². The van der Waals surface area contributed by atoms with Crippen LogP contribution in [0, 0.1) is 11.8 Å². The maximum Gasteiger partial charge on any atom is 0.0713 e. The molecule has 10 aromatic rings. The first-order valence-electron chi connectivity index (χ1n) is 24.2. The number of nitrogens with zero attached hydrogens (tertiary/aromatic N) is 1. The van der Waals surface area contributed by atoms with E-state index in [4.69, 9.17) is 0 Å². The Hall–Kier alpha value is -7.74. The fourth-order valence-corrected chi connectivity index (χ4v) is 12.7. The van der Waals surface area contributed by atoms with Gasteiger partial charge < -0.3 is 4.90 Å². The van der Waals surface area contributed by atoms with Gasteiger partial charge >= 0.3 is 0 Å². The Morgan fingerprint density at radius 3 is 1.61 bits per heavy atom. The van der Waals surface area contributed by atoms with E-state index in [1.165, 1.54) is 109 Å². The zero-order valence-electron chi connectivity index (χ0n) is 37.6. The van der Waals surface area contributed by atoms with Gasteiger partial charge in [0.2, 0.25) is 0 Å². The van der Waals surface area contributed by atoms with E-state index < -0.39 is 5.41 Å². The first-order chi connectivity index (χ1) is 33.2. The van der Waals surface area contributed by atoms with Gasteiger partial charge in [0.1, 0.15) is 0 Å². The lowest BCUT2D eigenvalue weighted by Gasteiger charge is -2.34. The van der Waals surface area contributed by atoms with Gasteiger partial charge in [-0.25, -0.2) is 0 Å². The fourth-order valence-electron chi connectivity index (χ4n) is 12.7. The lowest BCUT2D eigenvalue weighted by molar-refractivity contribution is 0.420. The molecule has 2 fully saturated rings. The number of fused-ring (bicyclic) bond motifs is 6. The molecule has 0 amide bonds. The van der Waals surface area contributed by atoms with Crippen molar-refractivity contribution >= 4 is 27.8 Å². The lowest BCUT2D eigenvalue weighted by Crippen LogP contribution is -2.28. The van der Waals surface area contributed by atoms with Crippen molar-refractivity contribution in [2.45, 2.75) is 37.0 Å². The predicted octanol–water partition coefficient (Wildman–Crippen LogP) is 17.6. The molecule has 3 unspecified atom stereocenters. The van der Waals surface area contributed by atoms with Crippen LogP contribution in [0.1, 0.15) is 59.4 Å². The van der Waals surface area contributed by atoms with Gasteiger partial charge in [-0.15, -0.1) is 0 Å². The fraction of sp³-hybridized carbons (Fsp3) is 0.121. The van der Waals surface area contributed by atoms with Gasteiger partial charge in [0.25, 0.3) is 0 Å². The minimum atomic E-state index is -0.471. The Morgan fingerprint density at radius 2 is 0.940 bits per heavy atom. The van der Waals surface area contributed by atoms with Gasteiger partial charge in [-0.05, 0) is 145 Å². The Labute approximate surface area is 394 Å². The molecule has 0 aromatic heterocycles. The molecule has 2 saturated carbocycles. The van der Waals surface area contributed by atoms with Crippen molar-refractivity contribution < 1.29 is 0 Å². The largest absolute Gasteiger partial charge is 0.310 e. The summed E-state index contributed by atoms with van der Waals surface area (Å²) < 4.78 is 0. The standard InChI is InChI=1S/C66H51N/c1-4-16-48(17-5-1)56-26-14-18-50-19-15-27-59(65(50)56)58-25-11-13-29-64(58)67(54-38-36-47(37-39-54)46-32-34-49(35-33-46)60-43-45-30-31-51(60)42-45)55-40-41-63-61(44-55)57-24-10-12-28-62(57)66(63,52-20-6-2-7-21-52)53-22-8-3-9-23-53/h1-29,32-41,44-45,51,60H,30-31,42-43H2. The van der Waals surface area contributed by atoms with Crippen LogP contribution < -0.4 is 4.90 Å². The van der Waals surface area contributed by atoms with Crippen LogP contribution in [0.2, 0.25) is 0 Å². The van der Waals surface area contributed by atoms with Gasteiger partial charge in [-0.1, -0.05) is 219 Å². The molecule has 0 heterocycles. The second-order valence-corrected chi connectivity index (χ2v) is 19.1. The molecule has 1 heteroatoms. The topological polar surface area (TPSA) is 3.24 Å². The molecular formula is C66H51N. The molecule has 13 rings (SSSR count). The predicted molar refractivity (Wildman–Crippen MR) is 280 cm³/mol. The third-order valence-electron chi connectivity index (χ3n) is 15.7. The number of hydrogen-bond donors (Lipinski definition) is 0. The summed E-state index contributed by atoms with van der Waals surface area (Å²) in [4.78, 5) is 2.50. The monoisotopic (exact) mass is 857 g/mol. The van der Waals surface area contributed by atoms with Gasteiger partial charge in [-0.3, -0.25) is 0 Å². The van der Waals surface area contributed by atoms with E-state index >= 15 is 0 Å². The van der Waals surface area contributed by atoms with Crippen molar-refractivity contribution in [3.05, 3.63) is 270 Å². The Kier molecular flexibility index (Phi) is 9.64. The van der Waals surface area contributed by atoms with Crippen LogP contribution in [0.25, 0.3) is 55.3 Å². The third kappa shape index (κ3) is 6.51. The molecule has 67 heavy (non-hydrogen) atoms. The van der Waals surface area contributed by atoms with Crippen molar-refractivity contribution in [2.24, 2.45) is 11.8 Å². The number of rotatable bonds is 9. The van der Waals surface area contributed by atoms with Crippen LogP contribution in [0.15, 0.2) is 243 Å². The molecule has 0 saturated heterocycles. The van der Waals surface area contributed by atoms with E-state index in [1.807, 2.05) is 0 Å². The lowest BCUT2D eigenvalue weighted by atomic mass is 9.68. The van der Waals surface area contributed by atoms with Crippen LogP contribution >= 0.6 is 0 Å². The summed E-state index contributed by atoms with van der Waals surface area (Å²) in [5, 5.41) is 2.48. The molecule has 1 nitrogen and oxygen atoms in total. The van der Waals surface area contributed by atoms with Crippen molar-refractivity contribution in [3.8, 4) is 44.5 Å². The van der Waals surface area contributed by atoms with E-state index in [9.17, 15) is 0 Å². The molecule has 3 atom stereocenters. The molecule has 3 aliphatic carbocycles. The second-order valence-electron chi connectivity index (χ2n) is 19.1. The number of benzene rings is 10. The second kappa shape index (κ2) is 16.3. The third-order valence-corrected chi connectivity index (χ3v) is 15.7. The van der Waals surface area contributed by atoms with E-state index in [1.54, 1.807) is 0 Å². The Bertz CT molecular complexity index is 3360. The highest BCUT2D eigenvalue weighted by molar-refractivity contribution is 6.09. The summed E-state index contributed by atoms with van der Waals surface area (Å²) >= 11 is 0. The molecule has 2 bridgehead atoms. The Balaban J connectivity index is 0.995. The van der Waals surface area contributed by atoms with Gasteiger partial charge in [0.05, 0.1) is 11.1 Å². The normalized spacial score (nSPS) is 17.6. The van der Waals surface area contributed by atoms with Crippen molar-refractivity contribution in [2.75, 3.05) is 4.90 Å². The summed E-state index contributed by atoms with van der Waals surface area (Å²) in [6.07, 6.45) is 5.64. The minimum absolute atomic E-state index is 0.471. The molecule has 0 spiro atoms. The molecule has 0 aliphatic heterocycles. The van der Waals surface area contributed by atoms with Crippen LogP contribution in [0.5, 0.6) is 0 Å². The average Bonchev–Trinajstić information content (AvgIpc) is 4.13. The number of anilines is 3. The maximum atomic E-state index is 2.50. The van der Waals surface area contributed by atoms with Crippen molar-refractivity contribution in [1.29, 1.82) is 0 Å². The summed E-state index contributed by atoms with van der Waals surface area (Å²) in [6, 6.07) is 90.6. The van der Waals surface area contributed by atoms with Crippen LogP contribution in [-0.2, 0) is 5.41 Å². The molecular weight excluding hydrogens is 807 g/mol. The van der Waals surface area contributed by atoms with E-state index in [0.717, 1.165) is 34.8 Å². The smallest absolute Gasteiger partial charge is 0.0713 e. The van der Waals surface area contributed by atoms with Crippen LogP contribution in [-0.4, -0.2) is 0 Å². The molecule has 3 aliphatic rings. The number of hydrogen-bond acceptors (Lipinski definition) is 1. The highest BCUT2D eigenvalue weighted by Gasteiger charge is 2.46. The SMILES string of the molecule is c1ccc(-c2cccc3cccc(-c4ccccc4N(c4ccc(-c5ccc(C6CC7CCC6C7)cc5)cc4)c4ccc5c(c4)-c4ccccc4C5(c4ccccc4)c4ccccc4)c23)cc1. The summed E-state index contributed by atoms with van der Waals surface area (Å²) in [5.41, 5.74) is 19.4. The van der Waals surface area contributed by atoms with Crippen LogP contribution in [0.3, 0.4) is 0 Å². The zero-order valence-corrected chi connectivity index (χ0v) is 37.6. The molecule has 0 radical (unpaired) electrons. The summed E-state index contributed by atoms with van der Waals surface area (Å²) in [5.74, 6) is 2.56. The van der Waals surface area contributed by atoms with Crippen LogP contribution in [0.4, 0.5) is 17.1 Å². The summed E-state index contributed by atoms with van der Waals surface area (Å²) in [6.45, 7) is 0. The molecule has 10 aromatic carbocycles. The highest BCUT2D eigenvalue weighted by Crippen LogP contribution is 2.58. The minimum Gasteiger partial charge on any atom is -0.310 e. The summed E-state index contributed by atoms with van der Waals surface area (Å²) in [7, 11) is 0. The highest BCUT2D eigenvalue weighted by atomic mass is 15.1. The van der Waals surface area contributed by atoms with Gasteiger partial charge in [-0.2, -0.15) is 0 Å². The van der Waals surface area contributed by atoms with Crippen molar-refractivity contribution in [1.82, 2.24) is 0 Å².